The van der Waals surface area contributed by atoms with Crippen LogP contribution in [-0.4, -0.2) is 50.0 Å². The second-order valence-electron chi connectivity index (χ2n) is 10.5. The summed E-state index contributed by atoms with van der Waals surface area (Å²) in [6.45, 7) is 3.26. The summed E-state index contributed by atoms with van der Waals surface area (Å²) in [5.41, 5.74) is 3.69. The van der Waals surface area contributed by atoms with Crippen LogP contribution in [0.2, 0.25) is 0 Å². The minimum absolute atomic E-state index is 0.342. The summed E-state index contributed by atoms with van der Waals surface area (Å²) in [5, 5.41) is 0. The number of methoxy groups -OCH3 is 1. The van der Waals surface area contributed by atoms with Gasteiger partial charge in [-0.25, -0.2) is 0 Å². The molecule has 0 N–H and O–H groups in total. The maximum absolute atomic E-state index is 6.33. The Balaban J connectivity index is 1.29. The molecule has 3 aliphatic heterocycles. The molecule has 194 valence electrons. The fourth-order valence-electron chi connectivity index (χ4n) is 6.04. The number of ether oxygens (including phenoxy) is 3. The second kappa shape index (κ2) is 11.0. The van der Waals surface area contributed by atoms with E-state index >= 15 is 0 Å². The third kappa shape index (κ3) is 5.54. The molecule has 0 saturated carbocycles. The van der Waals surface area contributed by atoms with Crippen molar-refractivity contribution in [2.24, 2.45) is 0 Å². The van der Waals surface area contributed by atoms with Crippen molar-refractivity contribution in [1.29, 1.82) is 0 Å². The van der Waals surface area contributed by atoms with Crippen molar-refractivity contribution in [2.45, 2.75) is 63.3 Å². The third-order valence-electron chi connectivity index (χ3n) is 8.04. The van der Waals surface area contributed by atoms with Gasteiger partial charge in [-0.2, -0.15) is 4.98 Å². The molecule has 6 heteroatoms. The molecule has 2 aromatic carbocycles. The summed E-state index contributed by atoms with van der Waals surface area (Å²) in [5.74, 6) is 2.58. The van der Waals surface area contributed by atoms with Gasteiger partial charge < -0.3 is 24.0 Å². The maximum Gasteiger partial charge on any atom is 0.217 e. The molecule has 0 spiro atoms. The molecule has 3 saturated heterocycles. The van der Waals surface area contributed by atoms with Crippen LogP contribution >= 0.6 is 0 Å². The lowest BCUT2D eigenvalue weighted by atomic mass is 10.0. The summed E-state index contributed by atoms with van der Waals surface area (Å²) < 4.78 is 17.5. The molecule has 0 radical (unpaired) electrons. The first-order valence-electron chi connectivity index (χ1n) is 13.7. The summed E-state index contributed by atoms with van der Waals surface area (Å²) in [4.78, 5) is 10.1. The molecule has 2 bridgehead atoms. The lowest BCUT2D eigenvalue weighted by Gasteiger charge is -2.34. The van der Waals surface area contributed by atoms with E-state index in [1.54, 1.807) is 7.11 Å². The normalized spacial score (nSPS) is 23.2. The highest BCUT2D eigenvalue weighted by Gasteiger charge is 2.39. The third-order valence-corrected chi connectivity index (χ3v) is 8.04. The number of hydrogen-bond acceptors (Lipinski definition) is 6. The Hall–Kier alpha value is -3.25. The summed E-state index contributed by atoms with van der Waals surface area (Å²) in [7, 11) is 1.69. The van der Waals surface area contributed by atoms with E-state index in [1.807, 2.05) is 24.3 Å². The van der Waals surface area contributed by atoms with Gasteiger partial charge in [0.05, 0.1) is 25.9 Å². The molecule has 37 heavy (non-hydrogen) atoms. The summed E-state index contributed by atoms with van der Waals surface area (Å²) in [6.07, 6.45) is 7.41. The number of pyridine rings is 1. The monoisotopic (exact) mass is 499 g/mol. The van der Waals surface area contributed by atoms with E-state index in [9.17, 15) is 0 Å². The van der Waals surface area contributed by atoms with Gasteiger partial charge in [0.25, 0.3) is 0 Å². The van der Waals surface area contributed by atoms with Crippen LogP contribution in [0.5, 0.6) is 11.6 Å². The molecule has 6 nitrogen and oxygen atoms in total. The molecular formula is C31H37N3O3. The zero-order valence-electron chi connectivity index (χ0n) is 21.7. The van der Waals surface area contributed by atoms with Gasteiger partial charge in [-0.1, -0.05) is 55.3 Å². The van der Waals surface area contributed by atoms with Gasteiger partial charge in [-0.15, -0.1) is 0 Å². The topological polar surface area (TPSA) is 47.1 Å². The predicted molar refractivity (Wildman–Crippen MR) is 147 cm³/mol. The van der Waals surface area contributed by atoms with E-state index in [2.05, 4.69) is 52.3 Å². The van der Waals surface area contributed by atoms with E-state index in [0.29, 0.717) is 30.7 Å². The maximum atomic E-state index is 6.33. The van der Waals surface area contributed by atoms with Crippen LogP contribution in [-0.2, 0) is 17.8 Å². The number of rotatable bonds is 8. The number of aromatic nitrogens is 1. The quantitative estimate of drug-likeness (QED) is 0.400. The summed E-state index contributed by atoms with van der Waals surface area (Å²) >= 11 is 0. The van der Waals surface area contributed by atoms with Crippen molar-refractivity contribution in [3.63, 3.8) is 0 Å². The van der Waals surface area contributed by atoms with Crippen LogP contribution in [0.4, 0.5) is 11.5 Å². The van der Waals surface area contributed by atoms with Crippen molar-refractivity contribution in [3.8, 4) is 11.6 Å². The van der Waals surface area contributed by atoms with Crippen molar-refractivity contribution >= 4 is 11.5 Å². The highest BCUT2D eigenvalue weighted by atomic mass is 16.5. The molecule has 3 aliphatic rings. The largest absolute Gasteiger partial charge is 0.497 e. The van der Waals surface area contributed by atoms with Crippen LogP contribution in [0, 0.1) is 0 Å². The van der Waals surface area contributed by atoms with E-state index in [4.69, 9.17) is 19.2 Å². The number of hydrogen-bond donors (Lipinski definition) is 0. The lowest BCUT2D eigenvalue weighted by molar-refractivity contribution is 0.0991. The average Bonchev–Trinajstić information content (AvgIpc) is 3.51. The zero-order chi connectivity index (χ0) is 25.0. The minimum Gasteiger partial charge on any atom is -0.497 e. The second-order valence-corrected chi connectivity index (χ2v) is 10.5. The molecule has 3 fully saturated rings. The summed E-state index contributed by atoms with van der Waals surface area (Å²) in [6, 6.07) is 24.2. The molecular weight excluding hydrogens is 462 g/mol. The Morgan fingerprint density at radius 2 is 1.81 bits per heavy atom. The van der Waals surface area contributed by atoms with E-state index in [-0.39, 0.29) is 0 Å². The van der Waals surface area contributed by atoms with E-state index < -0.39 is 0 Å². The molecule has 3 atom stereocenters. The highest BCUT2D eigenvalue weighted by molar-refractivity contribution is 5.60. The van der Waals surface area contributed by atoms with Crippen molar-refractivity contribution < 1.29 is 14.2 Å². The van der Waals surface area contributed by atoms with Gasteiger partial charge in [0.2, 0.25) is 5.88 Å². The first-order chi connectivity index (χ1) is 18.2. The highest BCUT2D eigenvalue weighted by Crippen LogP contribution is 2.37. The fourth-order valence-corrected chi connectivity index (χ4v) is 6.04. The molecule has 6 rings (SSSR count). The van der Waals surface area contributed by atoms with Gasteiger partial charge in [0.15, 0.2) is 0 Å². The van der Waals surface area contributed by atoms with Crippen LogP contribution in [0.3, 0.4) is 0 Å². The zero-order valence-corrected chi connectivity index (χ0v) is 21.7. The molecule has 3 aromatic rings. The van der Waals surface area contributed by atoms with Crippen molar-refractivity contribution in [1.82, 2.24) is 4.98 Å². The molecule has 0 unspecified atom stereocenters. The first kappa shape index (κ1) is 24.1. The first-order valence-corrected chi connectivity index (χ1v) is 13.7. The minimum atomic E-state index is 0.342. The Kier molecular flexibility index (Phi) is 7.18. The van der Waals surface area contributed by atoms with Crippen molar-refractivity contribution in [2.75, 3.05) is 36.6 Å². The fraction of sp³-hybridized carbons (Fsp3) is 0.452. The number of benzene rings is 2. The Labute approximate surface area is 220 Å². The molecule has 4 heterocycles. The number of nitrogens with zero attached hydrogens (tertiary/aromatic N) is 3. The molecule has 0 aliphatic carbocycles. The van der Waals surface area contributed by atoms with Gasteiger partial charge in [0.1, 0.15) is 18.2 Å². The number of anilines is 2. The standard InChI is InChI=1S/C31H37N3O3/c1-35-28-13-11-24(12-14-28)21-37-31-19-26(34-20-29-17-27(34)22-36-29)18-30(32-31)33-15-7-3-6-10-25(33)16-23-8-4-2-5-9-23/h2,4-5,8-9,11-14,18-19,25,27,29H,3,6-7,10,15-17,20-22H2,1H3/t25-,27+,29+/m1/s1. The Morgan fingerprint density at radius 3 is 2.57 bits per heavy atom. The van der Waals surface area contributed by atoms with Gasteiger partial charge in [0, 0.05) is 37.0 Å². The smallest absolute Gasteiger partial charge is 0.217 e. The molecule has 1 aromatic heterocycles. The van der Waals surface area contributed by atoms with Crippen LogP contribution in [0.25, 0.3) is 0 Å². The van der Waals surface area contributed by atoms with Crippen LogP contribution < -0.4 is 19.3 Å². The van der Waals surface area contributed by atoms with Crippen LogP contribution in [0.1, 0.15) is 43.2 Å². The number of fused-ring (bicyclic) bond motifs is 2. The van der Waals surface area contributed by atoms with Gasteiger partial charge >= 0.3 is 0 Å². The van der Waals surface area contributed by atoms with Gasteiger partial charge in [-0.3, -0.25) is 0 Å². The van der Waals surface area contributed by atoms with Crippen LogP contribution in [0.15, 0.2) is 66.7 Å². The Morgan fingerprint density at radius 1 is 0.946 bits per heavy atom. The lowest BCUT2D eigenvalue weighted by Crippen LogP contribution is -2.39. The van der Waals surface area contributed by atoms with Gasteiger partial charge in [-0.05, 0) is 48.9 Å². The number of morpholine rings is 1. The predicted octanol–water partition coefficient (Wildman–Crippen LogP) is 5.64. The molecule has 0 amide bonds. The Bertz CT molecular complexity index is 1170. The SMILES string of the molecule is COc1ccc(COc2cc(N3C[C@@H]4C[C@H]3CO4)cc(N3CCCCC[C@@H]3Cc3ccccc3)n2)cc1. The van der Waals surface area contributed by atoms with E-state index in [0.717, 1.165) is 49.7 Å². The van der Waals surface area contributed by atoms with Crippen molar-refractivity contribution in [3.05, 3.63) is 77.9 Å². The van der Waals surface area contributed by atoms with E-state index in [1.165, 1.54) is 36.9 Å². The average molecular weight is 500 g/mol.